The molecule has 0 aliphatic rings. The Kier molecular flexibility index (Phi) is 3.76. The number of nitrogens with one attached hydrogen (secondary N) is 1. The maximum absolute atomic E-state index is 5.63. The summed E-state index contributed by atoms with van der Waals surface area (Å²) in [7, 11) is 1.55. The van der Waals surface area contributed by atoms with Crippen molar-refractivity contribution in [2.24, 2.45) is 0 Å². The van der Waals surface area contributed by atoms with Gasteiger partial charge in [-0.05, 0) is 6.92 Å². The number of hydrogen-bond acceptors (Lipinski definition) is 4. The van der Waals surface area contributed by atoms with Gasteiger partial charge < -0.3 is 10.1 Å². The number of aromatic nitrogens is 2. The summed E-state index contributed by atoms with van der Waals surface area (Å²) in [5, 5.41) is 3.08. The Morgan fingerprint density at radius 1 is 1.62 bits per heavy atom. The molecule has 0 saturated carbocycles. The van der Waals surface area contributed by atoms with Crippen LogP contribution in [0, 0.1) is 0 Å². The van der Waals surface area contributed by atoms with Gasteiger partial charge in [-0.15, -0.1) is 11.6 Å². The highest BCUT2D eigenvalue weighted by Crippen LogP contribution is 2.09. The second-order valence-corrected chi connectivity index (χ2v) is 2.95. The molecule has 4 nitrogen and oxygen atoms in total. The average Bonchev–Trinajstić information content (AvgIpc) is 2.18. The molecule has 1 heterocycles. The van der Waals surface area contributed by atoms with E-state index < -0.39 is 0 Å². The lowest BCUT2D eigenvalue weighted by Crippen LogP contribution is -2.17. The SMILES string of the molecule is COc1cncc(NC(C)CCl)n1. The summed E-state index contributed by atoms with van der Waals surface area (Å²) < 4.78 is 4.92. The van der Waals surface area contributed by atoms with Crippen molar-refractivity contribution in [3.63, 3.8) is 0 Å². The van der Waals surface area contributed by atoms with Crippen LogP contribution in [0.25, 0.3) is 0 Å². The molecule has 1 rings (SSSR count). The van der Waals surface area contributed by atoms with Crippen LogP contribution in [0.5, 0.6) is 5.88 Å². The minimum absolute atomic E-state index is 0.170. The molecular weight excluding hydrogens is 190 g/mol. The first kappa shape index (κ1) is 10.1. The minimum atomic E-state index is 0.170. The summed E-state index contributed by atoms with van der Waals surface area (Å²) in [5.74, 6) is 1.69. The van der Waals surface area contributed by atoms with E-state index in [0.717, 1.165) is 0 Å². The van der Waals surface area contributed by atoms with E-state index in [-0.39, 0.29) is 6.04 Å². The van der Waals surface area contributed by atoms with Crippen molar-refractivity contribution in [1.82, 2.24) is 9.97 Å². The summed E-state index contributed by atoms with van der Waals surface area (Å²) in [6.07, 6.45) is 3.18. The standard InChI is InChI=1S/C8H12ClN3O/c1-6(3-9)11-7-4-10-5-8(12-7)13-2/h4-6H,3H2,1-2H3,(H,11,12). The highest BCUT2D eigenvalue weighted by molar-refractivity contribution is 6.18. The predicted octanol–water partition coefficient (Wildman–Crippen LogP) is 1.52. The van der Waals surface area contributed by atoms with Crippen molar-refractivity contribution in [3.05, 3.63) is 12.4 Å². The molecule has 0 aliphatic carbocycles. The van der Waals surface area contributed by atoms with E-state index in [0.29, 0.717) is 17.6 Å². The molecule has 0 bridgehead atoms. The highest BCUT2D eigenvalue weighted by atomic mass is 35.5. The lowest BCUT2D eigenvalue weighted by atomic mass is 10.4. The molecule has 5 heteroatoms. The summed E-state index contributed by atoms with van der Waals surface area (Å²) >= 11 is 5.63. The van der Waals surface area contributed by atoms with Crippen molar-refractivity contribution in [3.8, 4) is 5.88 Å². The van der Waals surface area contributed by atoms with E-state index in [2.05, 4.69) is 15.3 Å². The first-order chi connectivity index (χ1) is 6.26. The van der Waals surface area contributed by atoms with Crippen molar-refractivity contribution < 1.29 is 4.74 Å². The zero-order valence-electron chi connectivity index (χ0n) is 7.62. The molecule has 0 fully saturated rings. The van der Waals surface area contributed by atoms with Gasteiger partial charge in [0.05, 0.1) is 19.5 Å². The van der Waals surface area contributed by atoms with Crippen LogP contribution in [0.1, 0.15) is 6.92 Å². The van der Waals surface area contributed by atoms with Crippen LogP contribution >= 0.6 is 11.6 Å². The Bertz CT molecular complexity index is 269. The van der Waals surface area contributed by atoms with Gasteiger partial charge in [0.25, 0.3) is 0 Å². The third-order valence-electron chi connectivity index (χ3n) is 1.45. The molecule has 1 aromatic rings. The topological polar surface area (TPSA) is 47.0 Å². The van der Waals surface area contributed by atoms with E-state index in [9.17, 15) is 0 Å². The third kappa shape index (κ3) is 3.06. The van der Waals surface area contributed by atoms with E-state index in [4.69, 9.17) is 16.3 Å². The van der Waals surface area contributed by atoms with Crippen molar-refractivity contribution >= 4 is 17.4 Å². The van der Waals surface area contributed by atoms with E-state index in [1.165, 1.54) is 0 Å². The van der Waals surface area contributed by atoms with E-state index in [1.54, 1.807) is 19.5 Å². The molecule has 1 unspecified atom stereocenters. The van der Waals surface area contributed by atoms with E-state index >= 15 is 0 Å². The van der Waals surface area contributed by atoms with Crippen LogP contribution in [-0.4, -0.2) is 29.0 Å². The smallest absolute Gasteiger partial charge is 0.233 e. The molecular formula is C8H12ClN3O. The number of nitrogens with zero attached hydrogens (tertiary/aromatic N) is 2. The second kappa shape index (κ2) is 4.87. The number of ether oxygens (including phenoxy) is 1. The summed E-state index contributed by atoms with van der Waals surface area (Å²) in [6, 6.07) is 0.170. The molecule has 0 aliphatic heterocycles. The number of alkyl halides is 1. The quantitative estimate of drug-likeness (QED) is 0.751. The maximum atomic E-state index is 5.63. The summed E-state index contributed by atoms with van der Waals surface area (Å²) in [4.78, 5) is 8.07. The van der Waals surface area contributed by atoms with Gasteiger partial charge in [0.2, 0.25) is 5.88 Å². The average molecular weight is 202 g/mol. The van der Waals surface area contributed by atoms with Gasteiger partial charge in [-0.2, -0.15) is 4.98 Å². The second-order valence-electron chi connectivity index (χ2n) is 2.65. The molecule has 13 heavy (non-hydrogen) atoms. The maximum Gasteiger partial charge on any atom is 0.233 e. The van der Waals surface area contributed by atoms with E-state index in [1.807, 2.05) is 6.92 Å². The minimum Gasteiger partial charge on any atom is -0.480 e. The van der Waals surface area contributed by atoms with Gasteiger partial charge in [-0.1, -0.05) is 0 Å². The Morgan fingerprint density at radius 2 is 2.38 bits per heavy atom. The zero-order valence-corrected chi connectivity index (χ0v) is 8.38. The van der Waals surface area contributed by atoms with Gasteiger partial charge in [0.15, 0.2) is 0 Å². The van der Waals surface area contributed by atoms with Crippen molar-refractivity contribution in [2.75, 3.05) is 18.3 Å². The Labute approximate surface area is 82.3 Å². The largest absolute Gasteiger partial charge is 0.480 e. The number of rotatable bonds is 4. The zero-order chi connectivity index (χ0) is 9.68. The van der Waals surface area contributed by atoms with Crippen LogP contribution in [0.15, 0.2) is 12.4 Å². The number of methoxy groups -OCH3 is 1. The highest BCUT2D eigenvalue weighted by Gasteiger charge is 2.02. The Hall–Kier alpha value is -1.03. The molecule has 1 atom stereocenters. The van der Waals surface area contributed by atoms with Crippen LogP contribution < -0.4 is 10.1 Å². The first-order valence-electron chi connectivity index (χ1n) is 3.94. The lowest BCUT2D eigenvalue weighted by Gasteiger charge is -2.10. The monoisotopic (exact) mass is 201 g/mol. The van der Waals surface area contributed by atoms with Gasteiger partial charge in [0, 0.05) is 11.9 Å². The van der Waals surface area contributed by atoms with Crippen LogP contribution in [0.2, 0.25) is 0 Å². The van der Waals surface area contributed by atoms with Crippen LogP contribution in [0.3, 0.4) is 0 Å². The number of halogens is 1. The summed E-state index contributed by atoms with van der Waals surface area (Å²) in [6.45, 7) is 1.97. The van der Waals surface area contributed by atoms with Gasteiger partial charge in [-0.25, -0.2) is 0 Å². The Morgan fingerprint density at radius 3 is 3.00 bits per heavy atom. The molecule has 72 valence electrons. The van der Waals surface area contributed by atoms with Gasteiger partial charge in [-0.3, -0.25) is 4.98 Å². The molecule has 1 aromatic heterocycles. The van der Waals surface area contributed by atoms with Gasteiger partial charge >= 0.3 is 0 Å². The lowest BCUT2D eigenvalue weighted by molar-refractivity contribution is 0.396. The molecule has 0 aromatic carbocycles. The fourth-order valence-electron chi connectivity index (χ4n) is 0.807. The molecule has 1 N–H and O–H groups in total. The number of anilines is 1. The van der Waals surface area contributed by atoms with Gasteiger partial charge in [0.1, 0.15) is 5.82 Å². The Balaban J connectivity index is 2.66. The van der Waals surface area contributed by atoms with Crippen molar-refractivity contribution in [2.45, 2.75) is 13.0 Å². The molecule has 0 radical (unpaired) electrons. The third-order valence-corrected chi connectivity index (χ3v) is 1.91. The molecule has 0 spiro atoms. The normalized spacial score (nSPS) is 12.2. The molecule has 0 saturated heterocycles. The first-order valence-corrected chi connectivity index (χ1v) is 4.48. The van der Waals surface area contributed by atoms with Crippen molar-refractivity contribution in [1.29, 1.82) is 0 Å². The molecule has 0 amide bonds. The fraction of sp³-hybridized carbons (Fsp3) is 0.500. The van der Waals surface area contributed by atoms with Crippen LogP contribution in [0.4, 0.5) is 5.82 Å². The number of hydrogen-bond donors (Lipinski definition) is 1. The fourth-order valence-corrected chi connectivity index (χ4v) is 0.884. The predicted molar refractivity (Wildman–Crippen MR) is 52.4 cm³/mol. The summed E-state index contributed by atoms with van der Waals surface area (Å²) in [5.41, 5.74) is 0. The van der Waals surface area contributed by atoms with Crippen LogP contribution in [-0.2, 0) is 0 Å².